The van der Waals surface area contributed by atoms with Crippen LogP contribution in [0.15, 0.2) is 223 Å². The van der Waals surface area contributed by atoms with Crippen LogP contribution in [0.4, 0.5) is 17.1 Å². The molecule has 9 aromatic carbocycles. The molecule has 11 aromatic rings. The average molecular weight is 729 g/mol. The van der Waals surface area contributed by atoms with Gasteiger partial charge in [0.25, 0.3) is 0 Å². The van der Waals surface area contributed by atoms with Gasteiger partial charge in [-0.2, -0.15) is 0 Å². The summed E-state index contributed by atoms with van der Waals surface area (Å²) in [6.07, 6.45) is 0. The average Bonchev–Trinajstić information content (AvgIpc) is 3.84. The van der Waals surface area contributed by atoms with E-state index in [-0.39, 0.29) is 0 Å². The van der Waals surface area contributed by atoms with Gasteiger partial charge in [-0.1, -0.05) is 152 Å². The van der Waals surface area contributed by atoms with Crippen LogP contribution in [-0.2, 0) is 0 Å². The smallest absolute Gasteiger partial charge is 0.145 e. The zero-order chi connectivity index (χ0) is 37.7. The minimum Gasteiger partial charge on any atom is -0.455 e. The second-order valence-corrected chi connectivity index (χ2v) is 14.5. The Bertz CT molecular complexity index is 3110. The summed E-state index contributed by atoms with van der Waals surface area (Å²) in [5.41, 5.74) is 15.2. The van der Waals surface area contributed by atoms with Gasteiger partial charge < -0.3 is 13.9 Å². The quantitative estimate of drug-likeness (QED) is 0.163. The molecular formula is C54H36N2O. The van der Waals surface area contributed by atoms with Gasteiger partial charge in [-0.15, -0.1) is 0 Å². The lowest BCUT2D eigenvalue weighted by atomic mass is 9.98. The molecule has 268 valence electrons. The van der Waals surface area contributed by atoms with E-state index in [1.807, 2.05) is 0 Å². The lowest BCUT2D eigenvalue weighted by Gasteiger charge is -2.27. The first-order valence-corrected chi connectivity index (χ1v) is 19.4. The van der Waals surface area contributed by atoms with E-state index in [9.17, 15) is 0 Å². The van der Waals surface area contributed by atoms with E-state index >= 15 is 0 Å². The number of hydrogen-bond acceptors (Lipinski definition) is 2. The van der Waals surface area contributed by atoms with Gasteiger partial charge in [0.05, 0.1) is 22.1 Å². The maximum atomic E-state index is 6.92. The van der Waals surface area contributed by atoms with Crippen LogP contribution in [0.5, 0.6) is 0 Å². The highest BCUT2D eigenvalue weighted by Crippen LogP contribution is 2.47. The lowest BCUT2D eigenvalue weighted by Crippen LogP contribution is -2.10. The second kappa shape index (κ2) is 13.6. The monoisotopic (exact) mass is 728 g/mol. The van der Waals surface area contributed by atoms with E-state index in [1.54, 1.807) is 0 Å². The molecule has 2 heterocycles. The minimum atomic E-state index is 0.857. The molecule has 0 fully saturated rings. The molecule has 2 aromatic heterocycles. The van der Waals surface area contributed by atoms with Crippen molar-refractivity contribution < 1.29 is 4.42 Å². The Balaban J connectivity index is 1.14. The Morgan fingerprint density at radius 1 is 0.368 bits per heavy atom. The van der Waals surface area contributed by atoms with Crippen LogP contribution in [0, 0.1) is 0 Å². The van der Waals surface area contributed by atoms with Crippen LogP contribution in [-0.4, -0.2) is 4.57 Å². The first-order valence-electron chi connectivity index (χ1n) is 19.4. The van der Waals surface area contributed by atoms with Crippen LogP contribution in [0.25, 0.3) is 82.8 Å². The summed E-state index contributed by atoms with van der Waals surface area (Å²) in [4.78, 5) is 2.39. The number of anilines is 3. The highest BCUT2D eigenvalue weighted by atomic mass is 16.3. The van der Waals surface area contributed by atoms with Gasteiger partial charge in [0, 0.05) is 38.8 Å². The molecule has 0 spiro atoms. The largest absolute Gasteiger partial charge is 0.455 e. The van der Waals surface area contributed by atoms with Gasteiger partial charge in [-0.25, -0.2) is 0 Å². The molecule has 0 aliphatic rings. The van der Waals surface area contributed by atoms with E-state index in [2.05, 4.69) is 228 Å². The van der Waals surface area contributed by atoms with E-state index in [0.717, 1.165) is 66.9 Å². The van der Waals surface area contributed by atoms with Gasteiger partial charge in [0.1, 0.15) is 11.2 Å². The molecule has 0 amide bonds. The molecule has 0 radical (unpaired) electrons. The molecule has 0 N–H and O–H groups in total. The van der Waals surface area contributed by atoms with Crippen molar-refractivity contribution in [1.82, 2.24) is 4.57 Å². The molecule has 0 saturated carbocycles. The zero-order valence-electron chi connectivity index (χ0n) is 31.1. The number of fused-ring (bicyclic) bond motifs is 6. The minimum absolute atomic E-state index is 0.857. The van der Waals surface area contributed by atoms with Crippen molar-refractivity contribution in [1.29, 1.82) is 0 Å². The van der Waals surface area contributed by atoms with Crippen LogP contribution >= 0.6 is 0 Å². The van der Waals surface area contributed by atoms with E-state index in [4.69, 9.17) is 4.42 Å². The predicted octanol–water partition coefficient (Wildman–Crippen LogP) is 15.2. The van der Waals surface area contributed by atoms with Crippen molar-refractivity contribution in [2.75, 3.05) is 4.90 Å². The molecule has 0 atom stereocenters. The topological polar surface area (TPSA) is 21.3 Å². The number of aromatic nitrogens is 1. The molecule has 0 bridgehead atoms. The third kappa shape index (κ3) is 5.60. The summed E-state index contributed by atoms with van der Waals surface area (Å²) in [6.45, 7) is 0. The summed E-state index contributed by atoms with van der Waals surface area (Å²) in [5, 5.41) is 4.64. The van der Waals surface area contributed by atoms with Crippen molar-refractivity contribution in [3.63, 3.8) is 0 Å². The first kappa shape index (κ1) is 32.8. The van der Waals surface area contributed by atoms with Gasteiger partial charge in [-0.3, -0.25) is 0 Å². The van der Waals surface area contributed by atoms with Crippen molar-refractivity contribution in [3.05, 3.63) is 218 Å². The molecular weight excluding hydrogens is 693 g/mol. The van der Waals surface area contributed by atoms with E-state index in [1.165, 1.54) is 32.9 Å². The van der Waals surface area contributed by atoms with Crippen molar-refractivity contribution in [2.45, 2.75) is 0 Å². The molecule has 3 heteroatoms. The second-order valence-electron chi connectivity index (χ2n) is 14.5. The number of para-hydroxylation sites is 3. The lowest BCUT2D eigenvalue weighted by molar-refractivity contribution is 0.670. The Kier molecular flexibility index (Phi) is 7.82. The van der Waals surface area contributed by atoms with Crippen molar-refractivity contribution in [2.24, 2.45) is 0 Å². The highest BCUT2D eigenvalue weighted by Gasteiger charge is 2.23. The number of rotatable bonds is 7. The van der Waals surface area contributed by atoms with Crippen molar-refractivity contribution >= 4 is 60.8 Å². The molecule has 3 nitrogen and oxygen atoms in total. The summed E-state index contributed by atoms with van der Waals surface area (Å²) < 4.78 is 9.30. The fourth-order valence-electron chi connectivity index (χ4n) is 8.58. The van der Waals surface area contributed by atoms with E-state index in [0.29, 0.717) is 0 Å². The van der Waals surface area contributed by atoms with Crippen LogP contribution in [0.3, 0.4) is 0 Å². The molecule has 0 aliphatic heterocycles. The van der Waals surface area contributed by atoms with Crippen LogP contribution in [0.2, 0.25) is 0 Å². The van der Waals surface area contributed by atoms with Gasteiger partial charge in [0.2, 0.25) is 0 Å². The highest BCUT2D eigenvalue weighted by molar-refractivity contribution is 6.17. The summed E-state index contributed by atoms with van der Waals surface area (Å²) in [6, 6.07) is 78.0. The summed E-state index contributed by atoms with van der Waals surface area (Å²) >= 11 is 0. The summed E-state index contributed by atoms with van der Waals surface area (Å²) in [7, 11) is 0. The molecule has 57 heavy (non-hydrogen) atoms. The predicted molar refractivity (Wildman–Crippen MR) is 239 cm³/mol. The molecule has 0 unspecified atom stereocenters. The summed E-state index contributed by atoms with van der Waals surface area (Å²) in [5.74, 6) is 0. The third-order valence-corrected chi connectivity index (χ3v) is 11.2. The van der Waals surface area contributed by atoms with Gasteiger partial charge in [0.15, 0.2) is 0 Å². The number of benzene rings is 9. The molecule has 0 aliphatic carbocycles. The Hall–Kier alpha value is -7.62. The van der Waals surface area contributed by atoms with Crippen LogP contribution < -0.4 is 4.90 Å². The van der Waals surface area contributed by atoms with Gasteiger partial charge >= 0.3 is 0 Å². The molecule has 11 rings (SSSR count). The fraction of sp³-hybridized carbons (Fsp3) is 0. The Morgan fingerprint density at radius 2 is 0.877 bits per heavy atom. The maximum Gasteiger partial charge on any atom is 0.145 e. The third-order valence-electron chi connectivity index (χ3n) is 11.2. The Morgan fingerprint density at radius 3 is 1.51 bits per heavy atom. The Labute approximate surface area is 330 Å². The normalized spacial score (nSPS) is 11.5. The SMILES string of the molecule is c1ccc(-c2cccc(N(c3cccc(-c4ccccc4)c3)c3ccc(-c4cccc(-n5c6ccccc6c6ccccc65)c4)c4oc5ccccc5c34)c2)cc1. The number of furan rings is 1. The molecule has 0 saturated heterocycles. The van der Waals surface area contributed by atoms with Crippen molar-refractivity contribution in [3.8, 4) is 39.1 Å². The van der Waals surface area contributed by atoms with E-state index < -0.39 is 0 Å². The van der Waals surface area contributed by atoms with Gasteiger partial charge in [-0.05, 0) is 94.5 Å². The zero-order valence-corrected chi connectivity index (χ0v) is 31.1. The maximum absolute atomic E-state index is 6.92. The number of nitrogens with zero attached hydrogens (tertiary/aromatic N) is 2. The first-order chi connectivity index (χ1) is 28.3. The van der Waals surface area contributed by atoms with Crippen LogP contribution in [0.1, 0.15) is 0 Å². The fourth-order valence-corrected chi connectivity index (χ4v) is 8.58. The standard InChI is InChI=1S/C54H36N2O/c1-3-16-37(17-4-1)39-20-13-23-42(34-39)55(43-24-14-21-40(35-43)38-18-5-2-6-19-38)51-33-32-45(54-53(51)48-28-9-12-31-52(48)57-54)41-22-15-25-44(36-41)56-49-29-10-7-26-46(49)47-27-8-11-30-50(47)56/h1-36H. The number of hydrogen-bond donors (Lipinski definition) is 0.